The average Bonchev–Trinajstić information content (AvgIpc) is 3.09. The second kappa shape index (κ2) is 6.25. The normalized spacial score (nSPS) is 52.6. The number of aliphatic hydroxyl groups excluding tert-OH is 2. The van der Waals surface area contributed by atoms with Gasteiger partial charge in [-0.1, -0.05) is 25.5 Å². The summed E-state index contributed by atoms with van der Waals surface area (Å²) < 4.78 is 29.6. The number of rotatable bonds is 2. The van der Waals surface area contributed by atoms with E-state index in [0.717, 1.165) is 5.57 Å². The molecule has 0 spiro atoms. The number of Topliss-reactive ketones (excluding diaryl/α,β-unsaturated/α-hetero) is 2. The van der Waals surface area contributed by atoms with Crippen LogP contribution in [0.25, 0.3) is 0 Å². The summed E-state index contributed by atoms with van der Waals surface area (Å²) >= 11 is 0. The van der Waals surface area contributed by atoms with Crippen molar-refractivity contribution in [3.05, 3.63) is 11.6 Å². The van der Waals surface area contributed by atoms with E-state index in [0.29, 0.717) is 25.7 Å². The highest BCUT2D eigenvalue weighted by molar-refractivity contribution is 5.91. The molecule has 2 N–H and O–H groups in total. The largest absolute Gasteiger partial charge is 0.390 e. The lowest BCUT2D eigenvalue weighted by Gasteiger charge is -2.63. The Balaban J connectivity index is 1.63. The summed E-state index contributed by atoms with van der Waals surface area (Å²) in [6.45, 7) is 6.53. The molecule has 31 heavy (non-hydrogen) atoms. The summed E-state index contributed by atoms with van der Waals surface area (Å²) in [5, 5.41) is 21.2. The van der Waals surface area contributed by atoms with Gasteiger partial charge in [0.1, 0.15) is 18.1 Å². The molecule has 0 amide bonds. The first kappa shape index (κ1) is 21.7. The van der Waals surface area contributed by atoms with Gasteiger partial charge in [-0.25, -0.2) is 4.39 Å². The van der Waals surface area contributed by atoms with E-state index >= 15 is 4.39 Å². The monoisotopic (exact) mass is 436 g/mol. The maximum Gasteiger partial charge on any atom is 0.193 e. The lowest BCUT2D eigenvalue weighted by molar-refractivity contribution is -0.248. The molecule has 5 rings (SSSR count). The molecule has 0 unspecified atom stereocenters. The van der Waals surface area contributed by atoms with E-state index in [-0.39, 0.29) is 24.5 Å². The third-order valence-electron chi connectivity index (χ3n) is 9.57. The zero-order chi connectivity index (χ0) is 22.6. The number of alkyl halides is 1. The molecule has 6 nitrogen and oxygen atoms in total. The molecule has 0 aromatic carbocycles. The number of hydrogen-bond donors (Lipinski definition) is 2. The van der Waals surface area contributed by atoms with Crippen LogP contribution in [-0.2, 0) is 19.1 Å². The summed E-state index contributed by atoms with van der Waals surface area (Å²) in [6.07, 6.45) is 1.93. The molecular weight excluding hydrogens is 403 g/mol. The Kier molecular flexibility index (Phi) is 4.37. The fraction of sp³-hybridized carbons (Fsp3) is 0.833. The molecule has 0 aromatic rings. The van der Waals surface area contributed by atoms with Crippen molar-refractivity contribution in [1.82, 2.24) is 0 Å². The molecule has 4 fully saturated rings. The van der Waals surface area contributed by atoms with Crippen molar-refractivity contribution in [2.45, 2.75) is 95.5 Å². The van der Waals surface area contributed by atoms with Gasteiger partial charge in [0.25, 0.3) is 0 Å². The maximum absolute atomic E-state index is 17.2. The Labute approximate surface area is 182 Å². The Morgan fingerprint density at radius 1 is 1.26 bits per heavy atom. The van der Waals surface area contributed by atoms with Gasteiger partial charge in [0, 0.05) is 29.6 Å². The summed E-state index contributed by atoms with van der Waals surface area (Å²) in [4.78, 5) is 25.2. The highest BCUT2D eigenvalue weighted by atomic mass is 19.1. The highest BCUT2D eigenvalue weighted by Gasteiger charge is 2.79. The van der Waals surface area contributed by atoms with Crippen LogP contribution in [0.5, 0.6) is 0 Å². The fourth-order valence-electron chi connectivity index (χ4n) is 8.20. The van der Waals surface area contributed by atoms with E-state index in [4.69, 9.17) is 9.47 Å². The van der Waals surface area contributed by atoms with Crippen molar-refractivity contribution in [2.75, 3.05) is 6.61 Å². The van der Waals surface area contributed by atoms with Crippen LogP contribution in [0.2, 0.25) is 0 Å². The number of carbonyl (C=O) groups is 2. The van der Waals surface area contributed by atoms with Crippen LogP contribution in [0.4, 0.5) is 4.39 Å². The lowest BCUT2D eigenvalue weighted by Crippen LogP contribution is -2.70. The molecule has 172 valence electrons. The van der Waals surface area contributed by atoms with E-state index in [9.17, 15) is 19.8 Å². The molecular formula is C24H33FO6. The van der Waals surface area contributed by atoms with Crippen LogP contribution in [-0.4, -0.2) is 57.7 Å². The first-order valence-corrected chi connectivity index (χ1v) is 11.5. The molecule has 8 atom stereocenters. The Morgan fingerprint density at radius 2 is 1.97 bits per heavy atom. The smallest absolute Gasteiger partial charge is 0.193 e. The minimum absolute atomic E-state index is 0.0448. The third-order valence-corrected chi connectivity index (χ3v) is 9.57. The van der Waals surface area contributed by atoms with Crippen LogP contribution in [0.15, 0.2) is 11.6 Å². The summed E-state index contributed by atoms with van der Waals surface area (Å²) in [5.74, 6) is -2.13. The number of carbonyl (C=O) groups excluding carboxylic acids is 2. The van der Waals surface area contributed by atoms with E-state index in [2.05, 4.69) is 0 Å². The molecule has 3 saturated carbocycles. The zero-order valence-corrected chi connectivity index (χ0v) is 18.7. The third kappa shape index (κ3) is 2.36. The Hall–Kier alpha value is -1.15. The first-order valence-electron chi connectivity index (χ1n) is 11.5. The van der Waals surface area contributed by atoms with Crippen LogP contribution in [0.3, 0.4) is 0 Å². The van der Waals surface area contributed by atoms with Crippen LogP contribution < -0.4 is 0 Å². The highest BCUT2D eigenvalue weighted by Crippen LogP contribution is 2.72. The second-order valence-electron chi connectivity index (χ2n) is 11.3. The number of halogens is 1. The van der Waals surface area contributed by atoms with Gasteiger partial charge in [0.2, 0.25) is 0 Å². The fourth-order valence-corrected chi connectivity index (χ4v) is 8.20. The van der Waals surface area contributed by atoms with Gasteiger partial charge in [-0.05, 0) is 45.4 Å². The molecule has 1 heterocycles. The van der Waals surface area contributed by atoms with Crippen LogP contribution in [0, 0.1) is 22.7 Å². The van der Waals surface area contributed by atoms with Crippen molar-refractivity contribution in [3.8, 4) is 0 Å². The van der Waals surface area contributed by atoms with E-state index in [1.165, 1.54) is 0 Å². The molecule has 5 aliphatic rings. The van der Waals surface area contributed by atoms with E-state index in [1.807, 2.05) is 19.9 Å². The number of hydrogen-bond acceptors (Lipinski definition) is 6. The SMILES string of the molecule is CC1(C)O[C@@H]2C[C@H]3[C@@H]4CC=C5CC(=O)CC[C@]5(C)[C@@]4(F)[C@@H](O)C[C@]3(C)[C@]2(C(=O)CO)O1. The summed E-state index contributed by atoms with van der Waals surface area (Å²) in [7, 11) is 0. The van der Waals surface area contributed by atoms with Gasteiger partial charge in [-0.2, -0.15) is 0 Å². The lowest BCUT2D eigenvalue weighted by atomic mass is 9.44. The second-order valence-corrected chi connectivity index (χ2v) is 11.3. The van der Waals surface area contributed by atoms with Crippen molar-refractivity contribution in [2.24, 2.45) is 22.7 Å². The Bertz CT molecular complexity index is 883. The standard InChI is InChI=1S/C24H33FO6/c1-20(2)30-19-10-16-15-6-5-13-9-14(27)7-8-21(13,3)23(15,25)17(28)11-22(16,4)24(19,31-20)18(29)12-26/h5,15-17,19,26,28H,6-12H2,1-4H3/t15-,16-,17-,19+,21-,22-,23-,24+/m0/s1. The van der Waals surface area contributed by atoms with E-state index in [1.54, 1.807) is 13.8 Å². The predicted molar refractivity (Wildman–Crippen MR) is 109 cm³/mol. The predicted octanol–water partition coefficient (Wildman–Crippen LogP) is 2.64. The minimum atomic E-state index is -1.89. The van der Waals surface area contributed by atoms with Crippen molar-refractivity contribution < 1.29 is 33.7 Å². The summed E-state index contributed by atoms with van der Waals surface area (Å²) in [5.41, 5.74) is -4.28. The summed E-state index contributed by atoms with van der Waals surface area (Å²) in [6, 6.07) is 0. The van der Waals surface area contributed by atoms with E-state index < -0.39 is 58.4 Å². The molecule has 4 aliphatic carbocycles. The van der Waals surface area contributed by atoms with Crippen LogP contribution >= 0.6 is 0 Å². The molecule has 7 heteroatoms. The van der Waals surface area contributed by atoms with Gasteiger partial charge in [0.15, 0.2) is 17.2 Å². The van der Waals surface area contributed by atoms with Gasteiger partial charge in [0.05, 0.1) is 12.2 Å². The van der Waals surface area contributed by atoms with Gasteiger partial charge in [-0.3, -0.25) is 9.59 Å². The molecule has 1 aliphatic heterocycles. The molecule has 0 aromatic heterocycles. The quantitative estimate of drug-likeness (QED) is 0.647. The van der Waals surface area contributed by atoms with Crippen molar-refractivity contribution >= 4 is 11.6 Å². The number of ether oxygens (including phenoxy) is 2. The minimum Gasteiger partial charge on any atom is -0.390 e. The number of aliphatic hydroxyl groups is 2. The zero-order valence-electron chi connectivity index (χ0n) is 18.7. The maximum atomic E-state index is 17.2. The van der Waals surface area contributed by atoms with Gasteiger partial charge >= 0.3 is 0 Å². The topological polar surface area (TPSA) is 93.1 Å². The number of ketones is 2. The van der Waals surface area contributed by atoms with Crippen molar-refractivity contribution in [1.29, 1.82) is 0 Å². The average molecular weight is 437 g/mol. The molecule has 1 saturated heterocycles. The van der Waals surface area contributed by atoms with Gasteiger partial charge < -0.3 is 19.7 Å². The molecule has 0 bridgehead atoms. The number of allylic oxidation sites excluding steroid dienone is 2. The first-order chi connectivity index (χ1) is 14.4. The molecule has 0 radical (unpaired) electrons. The van der Waals surface area contributed by atoms with Crippen LogP contribution in [0.1, 0.15) is 66.2 Å². The van der Waals surface area contributed by atoms with Gasteiger partial charge in [-0.15, -0.1) is 0 Å². The Morgan fingerprint density at radius 3 is 2.65 bits per heavy atom. The number of fused-ring (bicyclic) bond motifs is 7. The van der Waals surface area contributed by atoms with Crippen molar-refractivity contribution in [3.63, 3.8) is 0 Å².